The predicted molar refractivity (Wildman–Crippen MR) is 254 cm³/mol. The van der Waals surface area contributed by atoms with E-state index in [2.05, 4.69) is 171 Å². The molecule has 7 aromatic carbocycles. The van der Waals surface area contributed by atoms with Gasteiger partial charge in [0, 0.05) is 69.8 Å². The summed E-state index contributed by atoms with van der Waals surface area (Å²) in [4.78, 5) is 0. The van der Waals surface area contributed by atoms with E-state index in [4.69, 9.17) is 0 Å². The number of rotatable bonds is 8. The Kier molecular flexibility index (Phi) is 8.70. The minimum absolute atomic E-state index is 0.679. The zero-order valence-electron chi connectivity index (χ0n) is 30.0. The summed E-state index contributed by atoms with van der Waals surface area (Å²) < 4.78 is 11.4. The molecule has 0 spiro atoms. The minimum Gasteiger partial charge on any atom is -0.135 e. The Hall–Kier alpha value is -4.24. The number of aryl methyl sites for hydroxylation is 1. The van der Waals surface area contributed by atoms with E-state index in [-0.39, 0.29) is 0 Å². The average molecular weight is 813 g/mol. The highest BCUT2D eigenvalue weighted by molar-refractivity contribution is 7.85. The minimum atomic E-state index is -0.681. The molecule has 0 aliphatic heterocycles. The summed E-state index contributed by atoms with van der Waals surface area (Å²) in [5, 5.41) is 14.2. The summed E-state index contributed by atoms with van der Waals surface area (Å²) in [5.41, 5.74) is 1.50. The third-order valence-corrected chi connectivity index (χ3v) is 20.7. The first-order chi connectivity index (χ1) is 27.2. The van der Waals surface area contributed by atoms with E-state index in [9.17, 15) is 0 Å². The van der Waals surface area contributed by atoms with E-state index >= 15 is 0 Å². The van der Waals surface area contributed by atoms with Gasteiger partial charge in [-0.05, 0) is 91.5 Å². The van der Waals surface area contributed by atoms with Gasteiger partial charge in [-0.15, -0.1) is 45.3 Å². The SMILES string of the molecule is CCCc1cc2sc3ccc4sc(P(c5ccccc5)c5ccccc5)cc4c3c2c2c1sc1ccc3sc(P(c4ccccc4)c4ccccc4)cc3c12. The van der Waals surface area contributed by atoms with E-state index in [1.54, 1.807) is 0 Å². The van der Waals surface area contributed by atoms with Crippen molar-refractivity contribution in [3.8, 4) is 0 Å². The van der Waals surface area contributed by atoms with E-state index < -0.39 is 15.8 Å². The zero-order chi connectivity index (χ0) is 36.5. The number of hydrogen-bond acceptors (Lipinski definition) is 4. The van der Waals surface area contributed by atoms with Crippen molar-refractivity contribution in [1.82, 2.24) is 0 Å². The van der Waals surface area contributed by atoms with E-state index in [0.717, 1.165) is 12.8 Å². The lowest BCUT2D eigenvalue weighted by Crippen LogP contribution is -2.18. The molecule has 0 amide bonds. The first-order valence-corrected chi connectivity index (χ1v) is 24.7. The van der Waals surface area contributed by atoms with Crippen LogP contribution in [0.1, 0.15) is 18.9 Å². The molecule has 55 heavy (non-hydrogen) atoms. The third kappa shape index (κ3) is 5.73. The van der Waals surface area contributed by atoms with Gasteiger partial charge in [0.25, 0.3) is 0 Å². The maximum atomic E-state index is 2.57. The van der Waals surface area contributed by atoms with Crippen LogP contribution in [-0.4, -0.2) is 0 Å². The molecule has 0 N–H and O–H groups in total. The Morgan fingerprint density at radius 2 is 0.800 bits per heavy atom. The second kappa shape index (κ2) is 14.1. The van der Waals surface area contributed by atoms with Gasteiger partial charge in [-0.1, -0.05) is 135 Å². The molecule has 0 saturated carbocycles. The first-order valence-electron chi connectivity index (χ1n) is 18.7. The van der Waals surface area contributed by atoms with Crippen molar-refractivity contribution in [2.75, 3.05) is 0 Å². The standard InChI is InChI=1S/C49H34P2S4/c1-2-15-31-28-42-47(45-36-29-43(53-38(36)24-26-40(45)52-42)50(32-16-7-3-8-17-32)33-18-9-4-10-19-33)48-46-37-30-44(54-39(37)25-27-41(46)55-49(31)48)51(34-20-11-5-12-21-34)35-22-13-6-14-23-35/h3-14,16-30H,2,15H2,1H3. The van der Waals surface area contributed by atoms with E-state index in [1.165, 1.54) is 96.5 Å². The fraction of sp³-hybridized carbons (Fsp3) is 0.0612. The molecule has 11 aromatic rings. The van der Waals surface area contributed by atoms with Gasteiger partial charge in [0.2, 0.25) is 0 Å². The Bertz CT molecular complexity index is 3080. The maximum absolute atomic E-state index is 2.57. The molecule has 264 valence electrons. The van der Waals surface area contributed by atoms with Crippen LogP contribution >= 0.6 is 61.2 Å². The molecular weight excluding hydrogens is 779 g/mol. The fourth-order valence-electron chi connectivity index (χ4n) is 8.24. The molecule has 0 saturated heterocycles. The van der Waals surface area contributed by atoms with Gasteiger partial charge in [0.15, 0.2) is 0 Å². The molecule has 11 rings (SSSR count). The van der Waals surface area contributed by atoms with Gasteiger partial charge in [0.1, 0.15) is 0 Å². The predicted octanol–water partition coefficient (Wildman–Crippen LogP) is 13.3. The molecule has 4 aromatic heterocycles. The summed E-state index contributed by atoms with van der Waals surface area (Å²) in [6.45, 7) is 2.32. The van der Waals surface area contributed by atoms with Crippen molar-refractivity contribution >= 4 is 152 Å². The van der Waals surface area contributed by atoms with Crippen LogP contribution in [0.3, 0.4) is 0 Å². The Morgan fingerprint density at radius 1 is 0.382 bits per heavy atom. The quantitative estimate of drug-likeness (QED) is 0.134. The van der Waals surface area contributed by atoms with E-state index in [0.29, 0.717) is 0 Å². The second-order valence-corrected chi connectivity index (χ2v) is 23.2. The summed E-state index contributed by atoms with van der Waals surface area (Å²) in [7, 11) is -1.36. The molecule has 0 radical (unpaired) electrons. The third-order valence-electron chi connectivity index (χ3n) is 10.6. The lowest BCUT2D eigenvalue weighted by atomic mass is 9.98. The number of fused-ring (bicyclic) bond motifs is 11. The van der Waals surface area contributed by atoms with Gasteiger partial charge in [0.05, 0.1) is 0 Å². The largest absolute Gasteiger partial charge is 0.135 e. The molecule has 0 aliphatic carbocycles. The van der Waals surface area contributed by atoms with Crippen LogP contribution in [0.15, 0.2) is 164 Å². The van der Waals surface area contributed by atoms with Crippen molar-refractivity contribution in [1.29, 1.82) is 0 Å². The number of thiophene rings is 4. The molecule has 0 nitrogen and oxygen atoms in total. The van der Waals surface area contributed by atoms with Crippen molar-refractivity contribution in [3.63, 3.8) is 0 Å². The van der Waals surface area contributed by atoms with Crippen molar-refractivity contribution in [3.05, 3.63) is 169 Å². The van der Waals surface area contributed by atoms with Crippen LogP contribution in [0.5, 0.6) is 0 Å². The van der Waals surface area contributed by atoms with Gasteiger partial charge < -0.3 is 0 Å². The highest BCUT2D eigenvalue weighted by Crippen LogP contribution is 2.51. The molecule has 0 aliphatic rings. The Labute approximate surface area is 338 Å². The van der Waals surface area contributed by atoms with E-state index in [1.807, 2.05) is 45.3 Å². The fourth-order valence-corrected chi connectivity index (χ4v) is 18.9. The second-order valence-electron chi connectivity index (χ2n) is 14.0. The van der Waals surface area contributed by atoms with Gasteiger partial charge in [-0.25, -0.2) is 0 Å². The molecule has 4 heterocycles. The summed E-state index contributed by atoms with van der Waals surface area (Å²) >= 11 is 7.98. The number of benzene rings is 7. The summed E-state index contributed by atoms with van der Waals surface area (Å²) in [6.07, 6.45) is 2.23. The Balaban J connectivity index is 1.21. The molecule has 0 fully saturated rings. The molecule has 0 atom stereocenters. The Morgan fingerprint density at radius 3 is 1.25 bits per heavy atom. The first kappa shape index (κ1) is 34.0. The van der Waals surface area contributed by atoms with Crippen LogP contribution in [0.4, 0.5) is 0 Å². The summed E-state index contributed by atoms with van der Waals surface area (Å²) in [6, 6.07) is 61.9. The van der Waals surface area contributed by atoms with Crippen LogP contribution in [0.25, 0.3) is 60.5 Å². The summed E-state index contributed by atoms with van der Waals surface area (Å²) in [5.74, 6) is 0. The molecular formula is C49H34P2S4. The highest BCUT2D eigenvalue weighted by atomic mass is 32.1. The van der Waals surface area contributed by atoms with Crippen LogP contribution in [-0.2, 0) is 6.42 Å². The normalized spacial score (nSPS) is 12.2. The van der Waals surface area contributed by atoms with Gasteiger partial charge in [-0.2, -0.15) is 0 Å². The van der Waals surface area contributed by atoms with Crippen LogP contribution in [0.2, 0.25) is 0 Å². The van der Waals surface area contributed by atoms with Crippen LogP contribution < -0.4 is 30.5 Å². The van der Waals surface area contributed by atoms with Gasteiger partial charge in [-0.3, -0.25) is 0 Å². The lowest BCUT2D eigenvalue weighted by molar-refractivity contribution is 0.932. The van der Waals surface area contributed by atoms with Crippen molar-refractivity contribution < 1.29 is 0 Å². The smallest absolute Gasteiger partial charge is 0.0394 e. The van der Waals surface area contributed by atoms with Crippen LogP contribution in [0, 0.1) is 0 Å². The highest BCUT2D eigenvalue weighted by Gasteiger charge is 2.25. The lowest BCUT2D eigenvalue weighted by Gasteiger charge is -2.16. The maximum Gasteiger partial charge on any atom is 0.0394 e. The molecule has 6 heteroatoms. The topological polar surface area (TPSA) is 0 Å². The monoisotopic (exact) mass is 812 g/mol. The average Bonchev–Trinajstić information content (AvgIpc) is 4.02. The molecule has 0 unspecified atom stereocenters. The van der Waals surface area contributed by atoms with Gasteiger partial charge >= 0.3 is 0 Å². The van der Waals surface area contributed by atoms with Crippen molar-refractivity contribution in [2.45, 2.75) is 19.8 Å². The molecule has 0 bridgehead atoms. The van der Waals surface area contributed by atoms with Crippen molar-refractivity contribution in [2.24, 2.45) is 0 Å². The number of hydrogen-bond donors (Lipinski definition) is 0. The zero-order valence-corrected chi connectivity index (χ0v) is 35.1.